The van der Waals surface area contributed by atoms with Gasteiger partial charge in [-0.2, -0.15) is 4.39 Å². The Bertz CT molecular complexity index is 791. The van der Waals surface area contributed by atoms with Crippen LogP contribution in [0.5, 0.6) is 11.5 Å². The van der Waals surface area contributed by atoms with Gasteiger partial charge in [-0.1, -0.05) is 31.6 Å². The Kier molecular flexibility index (Phi) is 7.07. The molecule has 1 aliphatic carbocycles. The maximum atomic E-state index is 14.2. The quantitative estimate of drug-likeness (QED) is 0.471. The van der Waals surface area contributed by atoms with Gasteiger partial charge in [0.1, 0.15) is 12.4 Å². The fourth-order valence-electron chi connectivity index (χ4n) is 3.82. The number of benzene rings is 2. The standard InChI is InChI=1S/C24H28F2O2/c1-3-15-27-22-14-11-20(23(25)24(22)26)16-28-21-12-9-19(10-13-21)18-7-5-17(4-2)6-8-18/h3,9-15,17-18H,4-8,16H2,1-2H3. The lowest BCUT2D eigenvalue weighted by molar-refractivity contribution is 0.295. The summed E-state index contributed by atoms with van der Waals surface area (Å²) in [5.74, 6) is 0.0714. The van der Waals surface area contributed by atoms with Crippen molar-refractivity contribution in [3.63, 3.8) is 0 Å². The molecule has 0 saturated heterocycles. The maximum absolute atomic E-state index is 14.2. The Hall–Kier alpha value is -2.36. The molecular formula is C24H28F2O2. The van der Waals surface area contributed by atoms with E-state index < -0.39 is 11.6 Å². The first kappa shape index (κ1) is 20.4. The van der Waals surface area contributed by atoms with E-state index in [9.17, 15) is 8.78 Å². The van der Waals surface area contributed by atoms with Crippen LogP contribution in [0.4, 0.5) is 8.78 Å². The highest BCUT2D eigenvalue weighted by Crippen LogP contribution is 2.37. The van der Waals surface area contributed by atoms with Crippen LogP contribution < -0.4 is 9.47 Å². The second-order valence-corrected chi connectivity index (χ2v) is 7.42. The molecule has 0 spiro atoms. The first-order chi connectivity index (χ1) is 13.6. The Morgan fingerprint density at radius 3 is 2.32 bits per heavy atom. The van der Waals surface area contributed by atoms with Gasteiger partial charge in [-0.3, -0.25) is 0 Å². The summed E-state index contributed by atoms with van der Waals surface area (Å²) in [6, 6.07) is 10.9. The molecule has 0 unspecified atom stereocenters. The average molecular weight is 386 g/mol. The zero-order valence-corrected chi connectivity index (χ0v) is 16.6. The molecule has 0 N–H and O–H groups in total. The highest BCUT2D eigenvalue weighted by molar-refractivity contribution is 5.33. The van der Waals surface area contributed by atoms with Crippen LogP contribution in [0.3, 0.4) is 0 Å². The SMILES string of the molecule is CC=COc1ccc(COc2ccc(C3CCC(CC)CC3)cc2)c(F)c1F. The van der Waals surface area contributed by atoms with Gasteiger partial charge in [0.15, 0.2) is 11.6 Å². The van der Waals surface area contributed by atoms with E-state index in [4.69, 9.17) is 9.47 Å². The van der Waals surface area contributed by atoms with Gasteiger partial charge in [0, 0.05) is 5.56 Å². The van der Waals surface area contributed by atoms with Crippen molar-refractivity contribution in [2.75, 3.05) is 0 Å². The van der Waals surface area contributed by atoms with E-state index >= 15 is 0 Å². The van der Waals surface area contributed by atoms with Crippen molar-refractivity contribution in [1.82, 2.24) is 0 Å². The van der Waals surface area contributed by atoms with Crippen LogP contribution in [0, 0.1) is 17.6 Å². The summed E-state index contributed by atoms with van der Waals surface area (Å²) >= 11 is 0. The lowest BCUT2D eigenvalue weighted by atomic mass is 9.78. The molecule has 4 heteroatoms. The van der Waals surface area contributed by atoms with Crippen molar-refractivity contribution >= 4 is 0 Å². The molecule has 1 fully saturated rings. The predicted octanol–water partition coefficient (Wildman–Crippen LogP) is 7.14. The molecule has 2 aromatic carbocycles. The molecule has 0 amide bonds. The van der Waals surface area contributed by atoms with Crippen LogP contribution in [-0.4, -0.2) is 0 Å². The summed E-state index contributed by atoms with van der Waals surface area (Å²) in [5, 5.41) is 0. The fourth-order valence-corrected chi connectivity index (χ4v) is 3.82. The topological polar surface area (TPSA) is 18.5 Å². The van der Waals surface area contributed by atoms with E-state index in [-0.39, 0.29) is 17.9 Å². The molecule has 2 aromatic rings. The van der Waals surface area contributed by atoms with Crippen LogP contribution in [0.15, 0.2) is 48.7 Å². The molecule has 0 radical (unpaired) electrons. The van der Waals surface area contributed by atoms with Crippen molar-refractivity contribution in [2.24, 2.45) is 5.92 Å². The highest BCUT2D eigenvalue weighted by Gasteiger charge is 2.21. The highest BCUT2D eigenvalue weighted by atomic mass is 19.2. The largest absolute Gasteiger partial charge is 0.489 e. The molecule has 2 nitrogen and oxygen atoms in total. The Balaban J connectivity index is 1.59. The van der Waals surface area contributed by atoms with Gasteiger partial charge in [0.2, 0.25) is 5.82 Å². The Labute approximate surface area is 166 Å². The molecule has 0 atom stereocenters. The number of hydrogen-bond donors (Lipinski definition) is 0. The van der Waals surface area contributed by atoms with Crippen molar-refractivity contribution in [3.8, 4) is 11.5 Å². The second kappa shape index (κ2) is 9.72. The van der Waals surface area contributed by atoms with E-state index in [2.05, 4.69) is 19.1 Å². The first-order valence-corrected chi connectivity index (χ1v) is 10.1. The van der Waals surface area contributed by atoms with Gasteiger partial charge in [-0.25, -0.2) is 4.39 Å². The molecule has 3 rings (SSSR count). The average Bonchev–Trinajstić information content (AvgIpc) is 2.74. The van der Waals surface area contributed by atoms with Gasteiger partial charge in [-0.15, -0.1) is 0 Å². The van der Waals surface area contributed by atoms with E-state index in [0.717, 1.165) is 5.92 Å². The van der Waals surface area contributed by atoms with Gasteiger partial charge in [-0.05, 0) is 74.3 Å². The molecule has 150 valence electrons. The van der Waals surface area contributed by atoms with E-state index in [0.29, 0.717) is 11.7 Å². The van der Waals surface area contributed by atoms with E-state index in [1.807, 2.05) is 12.1 Å². The van der Waals surface area contributed by atoms with Crippen LogP contribution in [0.25, 0.3) is 0 Å². The zero-order chi connectivity index (χ0) is 19.9. The van der Waals surface area contributed by atoms with Crippen LogP contribution in [0.2, 0.25) is 0 Å². The molecule has 0 bridgehead atoms. The predicted molar refractivity (Wildman–Crippen MR) is 108 cm³/mol. The lowest BCUT2D eigenvalue weighted by Crippen LogP contribution is -2.12. The Morgan fingerprint density at radius 1 is 0.964 bits per heavy atom. The summed E-state index contributed by atoms with van der Waals surface area (Å²) in [6.07, 6.45) is 9.28. The minimum atomic E-state index is -1.00. The minimum Gasteiger partial charge on any atom is -0.489 e. The molecule has 28 heavy (non-hydrogen) atoms. The molecule has 0 aliphatic heterocycles. The number of hydrogen-bond acceptors (Lipinski definition) is 2. The van der Waals surface area contributed by atoms with Gasteiger partial charge < -0.3 is 9.47 Å². The third kappa shape index (κ3) is 4.92. The number of allylic oxidation sites excluding steroid dienone is 1. The third-order valence-electron chi connectivity index (χ3n) is 5.63. The number of ether oxygens (including phenoxy) is 2. The van der Waals surface area contributed by atoms with Crippen LogP contribution in [0.1, 0.15) is 63.0 Å². The summed E-state index contributed by atoms with van der Waals surface area (Å²) in [7, 11) is 0. The molecule has 1 aliphatic rings. The monoisotopic (exact) mass is 386 g/mol. The Morgan fingerprint density at radius 2 is 1.68 bits per heavy atom. The van der Waals surface area contributed by atoms with Crippen molar-refractivity contribution in [2.45, 2.75) is 58.5 Å². The molecule has 0 aromatic heterocycles. The van der Waals surface area contributed by atoms with E-state index in [1.54, 1.807) is 13.0 Å². The smallest absolute Gasteiger partial charge is 0.201 e. The van der Waals surface area contributed by atoms with Crippen LogP contribution in [-0.2, 0) is 6.61 Å². The van der Waals surface area contributed by atoms with Gasteiger partial charge >= 0.3 is 0 Å². The van der Waals surface area contributed by atoms with Gasteiger partial charge in [0.05, 0.1) is 6.26 Å². The first-order valence-electron chi connectivity index (χ1n) is 10.1. The minimum absolute atomic E-state index is 0.0341. The van der Waals surface area contributed by atoms with Gasteiger partial charge in [0.25, 0.3) is 0 Å². The summed E-state index contributed by atoms with van der Waals surface area (Å²) in [6.45, 7) is 3.97. The van der Waals surface area contributed by atoms with E-state index in [1.165, 1.54) is 56.1 Å². The zero-order valence-electron chi connectivity index (χ0n) is 16.6. The molecule has 0 heterocycles. The summed E-state index contributed by atoms with van der Waals surface area (Å²) in [5.41, 5.74) is 1.50. The molecular weight excluding hydrogens is 358 g/mol. The van der Waals surface area contributed by atoms with Crippen molar-refractivity contribution in [3.05, 3.63) is 71.5 Å². The van der Waals surface area contributed by atoms with Crippen molar-refractivity contribution in [1.29, 1.82) is 0 Å². The van der Waals surface area contributed by atoms with Crippen LogP contribution >= 0.6 is 0 Å². The maximum Gasteiger partial charge on any atom is 0.201 e. The fraction of sp³-hybridized carbons (Fsp3) is 0.417. The number of halogens is 2. The number of rotatable bonds is 7. The summed E-state index contributed by atoms with van der Waals surface area (Å²) in [4.78, 5) is 0. The third-order valence-corrected chi connectivity index (χ3v) is 5.63. The lowest BCUT2D eigenvalue weighted by Gasteiger charge is -2.28. The second-order valence-electron chi connectivity index (χ2n) is 7.42. The molecule has 1 saturated carbocycles. The normalized spacial score (nSPS) is 19.7. The van der Waals surface area contributed by atoms with Crippen molar-refractivity contribution < 1.29 is 18.3 Å². The summed E-state index contributed by atoms with van der Waals surface area (Å²) < 4.78 is 38.9.